The average molecular weight is 268 g/mol. The van der Waals surface area contributed by atoms with Crippen LogP contribution in [0.5, 0.6) is 5.75 Å². The van der Waals surface area contributed by atoms with Gasteiger partial charge >= 0.3 is 5.97 Å². The molecule has 0 aliphatic heterocycles. The smallest absolute Gasteiger partial charge is 0.340 e. The second kappa shape index (κ2) is 8.02. The average Bonchev–Trinajstić information content (AvgIpc) is 2.40. The highest BCUT2D eigenvalue weighted by Gasteiger charge is 2.19. The summed E-state index contributed by atoms with van der Waals surface area (Å²) in [4.78, 5) is 22.2. The Bertz CT molecular complexity index is 469. The Morgan fingerprint density at radius 1 is 1.26 bits per heavy atom. The molecule has 0 radical (unpaired) electrons. The maximum absolute atomic E-state index is 13.9. The zero-order valence-corrected chi connectivity index (χ0v) is 11.3. The van der Waals surface area contributed by atoms with Gasteiger partial charge < -0.3 is 9.47 Å². The van der Waals surface area contributed by atoms with E-state index < -0.39 is 11.8 Å². The SMILES string of the molecule is C=C.COC(=O)c1ccc(CC(C)=O)c(OC)c1F. The van der Waals surface area contributed by atoms with Crippen molar-refractivity contribution in [3.8, 4) is 5.75 Å². The molecule has 0 aromatic heterocycles. The first-order valence-electron chi connectivity index (χ1n) is 5.44. The molecule has 0 aliphatic rings. The number of ketones is 1. The standard InChI is InChI=1S/C12H13FO4.C2H4/c1-7(14)6-8-4-5-9(12(15)17-3)10(13)11(8)16-2;1-2/h4-5H,6H2,1-3H3;1-2H2. The Morgan fingerprint density at radius 2 is 1.84 bits per heavy atom. The molecule has 0 unspecified atom stereocenters. The van der Waals surface area contributed by atoms with Gasteiger partial charge in [-0.2, -0.15) is 0 Å². The number of ether oxygens (including phenoxy) is 2. The Balaban J connectivity index is 0.00000154. The Kier molecular flexibility index (Phi) is 7.11. The molecule has 0 amide bonds. The molecule has 0 saturated heterocycles. The third-order valence-corrected chi connectivity index (χ3v) is 2.23. The van der Waals surface area contributed by atoms with E-state index in [2.05, 4.69) is 17.9 Å². The van der Waals surface area contributed by atoms with E-state index in [1.165, 1.54) is 26.2 Å². The largest absolute Gasteiger partial charge is 0.493 e. The van der Waals surface area contributed by atoms with Gasteiger partial charge in [-0.05, 0) is 13.0 Å². The lowest BCUT2D eigenvalue weighted by atomic mass is 10.0. The Hall–Kier alpha value is -2.17. The van der Waals surface area contributed by atoms with E-state index >= 15 is 0 Å². The van der Waals surface area contributed by atoms with Crippen LogP contribution in [-0.4, -0.2) is 26.0 Å². The second-order valence-electron chi connectivity index (χ2n) is 3.49. The minimum atomic E-state index is -0.807. The lowest BCUT2D eigenvalue weighted by Gasteiger charge is -2.10. The van der Waals surface area contributed by atoms with E-state index in [9.17, 15) is 14.0 Å². The number of halogens is 1. The maximum Gasteiger partial charge on any atom is 0.340 e. The van der Waals surface area contributed by atoms with Gasteiger partial charge in [0, 0.05) is 12.0 Å². The monoisotopic (exact) mass is 268 g/mol. The molecule has 0 heterocycles. The van der Waals surface area contributed by atoms with Crippen LogP contribution in [-0.2, 0) is 16.0 Å². The maximum atomic E-state index is 13.9. The van der Waals surface area contributed by atoms with Gasteiger partial charge in [-0.15, -0.1) is 13.2 Å². The Morgan fingerprint density at radius 3 is 2.26 bits per heavy atom. The third-order valence-electron chi connectivity index (χ3n) is 2.23. The van der Waals surface area contributed by atoms with E-state index in [0.717, 1.165) is 7.11 Å². The van der Waals surface area contributed by atoms with Crippen molar-refractivity contribution >= 4 is 11.8 Å². The van der Waals surface area contributed by atoms with Crippen molar-refractivity contribution in [2.24, 2.45) is 0 Å². The highest BCUT2D eigenvalue weighted by Crippen LogP contribution is 2.26. The zero-order valence-electron chi connectivity index (χ0n) is 11.3. The van der Waals surface area contributed by atoms with Crippen molar-refractivity contribution in [1.82, 2.24) is 0 Å². The molecule has 0 saturated carbocycles. The molecular weight excluding hydrogens is 251 g/mol. The molecule has 0 bridgehead atoms. The molecule has 1 aromatic carbocycles. The first kappa shape index (κ1) is 16.8. The minimum absolute atomic E-state index is 0.0571. The molecule has 19 heavy (non-hydrogen) atoms. The van der Waals surface area contributed by atoms with Crippen molar-refractivity contribution in [1.29, 1.82) is 0 Å². The molecule has 1 aromatic rings. The number of esters is 1. The van der Waals surface area contributed by atoms with Gasteiger partial charge in [-0.3, -0.25) is 4.79 Å². The molecule has 0 atom stereocenters. The predicted molar refractivity (Wildman–Crippen MR) is 69.9 cm³/mol. The van der Waals surface area contributed by atoms with Crippen molar-refractivity contribution in [2.45, 2.75) is 13.3 Å². The van der Waals surface area contributed by atoms with Crippen molar-refractivity contribution in [3.05, 3.63) is 42.2 Å². The molecule has 0 aliphatic carbocycles. The molecule has 104 valence electrons. The van der Waals surface area contributed by atoms with E-state index in [4.69, 9.17) is 4.74 Å². The van der Waals surface area contributed by atoms with Gasteiger partial charge in [-0.1, -0.05) is 6.07 Å². The van der Waals surface area contributed by atoms with Gasteiger partial charge in [0.2, 0.25) is 0 Å². The summed E-state index contributed by atoms with van der Waals surface area (Å²) in [6.45, 7) is 7.39. The van der Waals surface area contributed by atoms with Gasteiger partial charge in [0.1, 0.15) is 5.78 Å². The molecular formula is C14H17FO4. The number of methoxy groups -OCH3 is 2. The van der Waals surface area contributed by atoms with Crippen LogP contribution in [0.3, 0.4) is 0 Å². The number of carbonyl (C=O) groups excluding carboxylic acids is 2. The first-order chi connectivity index (χ1) is 9.01. The highest BCUT2D eigenvalue weighted by molar-refractivity contribution is 5.90. The van der Waals surface area contributed by atoms with Crippen LogP contribution in [0.25, 0.3) is 0 Å². The van der Waals surface area contributed by atoms with Crippen molar-refractivity contribution < 1.29 is 23.5 Å². The lowest BCUT2D eigenvalue weighted by Crippen LogP contribution is -2.08. The summed E-state index contributed by atoms with van der Waals surface area (Å²) < 4.78 is 23.2. The fraction of sp³-hybridized carbons (Fsp3) is 0.286. The van der Waals surface area contributed by atoms with Gasteiger partial charge in [0.25, 0.3) is 0 Å². The van der Waals surface area contributed by atoms with Crippen LogP contribution in [0.2, 0.25) is 0 Å². The molecule has 0 N–H and O–H groups in total. The normalized spacial score (nSPS) is 9.05. The molecule has 0 spiro atoms. The van der Waals surface area contributed by atoms with Crippen LogP contribution in [0.15, 0.2) is 25.3 Å². The Labute approximate surface area is 111 Å². The van der Waals surface area contributed by atoms with Crippen LogP contribution in [0, 0.1) is 5.82 Å². The van der Waals surface area contributed by atoms with Crippen molar-refractivity contribution in [3.63, 3.8) is 0 Å². The third kappa shape index (κ3) is 4.21. The van der Waals surface area contributed by atoms with Gasteiger partial charge in [-0.25, -0.2) is 9.18 Å². The molecule has 4 nitrogen and oxygen atoms in total. The summed E-state index contributed by atoms with van der Waals surface area (Å²) in [6.07, 6.45) is 0.0571. The number of carbonyl (C=O) groups is 2. The minimum Gasteiger partial charge on any atom is -0.493 e. The van der Waals surface area contributed by atoms with Crippen molar-refractivity contribution in [2.75, 3.05) is 14.2 Å². The number of Topliss-reactive ketones (excluding diaryl/α,β-unsaturated/α-hetero) is 1. The number of rotatable bonds is 4. The van der Waals surface area contributed by atoms with Crippen LogP contribution >= 0.6 is 0 Å². The van der Waals surface area contributed by atoms with Crippen LogP contribution < -0.4 is 4.74 Å². The quantitative estimate of drug-likeness (QED) is 0.622. The van der Waals surface area contributed by atoms with Gasteiger partial charge in [0.05, 0.1) is 19.8 Å². The number of benzene rings is 1. The molecule has 5 heteroatoms. The highest BCUT2D eigenvalue weighted by atomic mass is 19.1. The summed E-state index contributed by atoms with van der Waals surface area (Å²) in [5.74, 6) is -1.80. The van der Waals surface area contributed by atoms with Gasteiger partial charge in [0.15, 0.2) is 11.6 Å². The van der Waals surface area contributed by atoms with E-state index in [0.29, 0.717) is 5.56 Å². The summed E-state index contributed by atoms with van der Waals surface area (Å²) in [5.41, 5.74) is 0.196. The topological polar surface area (TPSA) is 52.6 Å². The number of hydrogen-bond acceptors (Lipinski definition) is 4. The summed E-state index contributed by atoms with van der Waals surface area (Å²) in [7, 11) is 2.45. The summed E-state index contributed by atoms with van der Waals surface area (Å²) >= 11 is 0. The fourth-order valence-electron chi connectivity index (χ4n) is 1.49. The zero-order chi connectivity index (χ0) is 15.0. The van der Waals surface area contributed by atoms with Crippen LogP contribution in [0.4, 0.5) is 4.39 Å². The fourth-order valence-corrected chi connectivity index (χ4v) is 1.49. The van der Waals surface area contributed by atoms with E-state index in [1.54, 1.807) is 0 Å². The predicted octanol–water partition coefficient (Wildman–Crippen LogP) is 2.55. The van der Waals surface area contributed by atoms with Crippen LogP contribution in [0.1, 0.15) is 22.8 Å². The van der Waals surface area contributed by atoms with E-state index in [-0.39, 0.29) is 23.5 Å². The summed E-state index contributed by atoms with van der Waals surface area (Å²) in [6, 6.07) is 2.76. The van der Waals surface area contributed by atoms with E-state index in [1.807, 2.05) is 0 Å². The summed E-state index contributed by atoms with van der Waals surface area (Å²) in [5, 5.41) is 0. The number of hydrogen-bond donors (Lipinski definition) is 0. The second-order valence-corrected chi connectivity index (χ2v) is 3.49. The first-order valence-corrected chi connectivity index (χ1v) is 5.44. The lowest BCUT2D eigenvalue weighted by molar-refractivity contribution is -0.116. The molecule has 0 fully saturated rings. The molecule has 1 rings (SSSR count).